The maximum absolute atomic E-state index is 11.4. The molecule has 0 fully saturated rings. The smallest absolute Gasteiger partial charge is 0.326 e. The highest BCUT2D eigenvalue weighted by Gasteiger charge is 2.20. The quantitative estimate of drug-likeness (QED) is 0.567. The summed E-state index contributed by atoms with van der Waals surface area (Å²) in [7, 11) is 0. The monoisotopic (exact) mass is 270 g/mol. The summed E-state index contributed by atoms with van der Waals surface area (Å²) in [6, 6.07) is -0.265. The van der Waals surface area contributed by atoms with E-state index >= 15 is 0 Å². The van der Waals surface area contributed by atoms with Crippen LogP contribution >= 0.6 is 0 Å². The molecule has 0 saturated carbocycles. The summed E-state index contributed by atoms with van der Waals surface area (Å²) in [6.45, 7) is 0.188. The number of amides is 2. The summed E-state index contributed by atoms with van der Waals surface area (Å²) in [5.74, 6) is -2.40. The number of aliphatic carboxylic acids is 2. The van der Waals surface area contributed by atoms with Gasteiger partial charge in [0.15, 0.2) is 0 Å². The van der Waals surface area contributed by atoms with Crippen molar-refractivity contribution in [3.63, 3.8) is 0 Å². The maximum atomic E-state index is 11.4. The van der Waals surface area contributed by atoms with Gasteiger partial charge in [0.2, 0.25) is 0 Å². The predicted molar refractivity (Wildman–Crippen MR) is 62.4 cm³/mol. The molecular weight excluding hydrogens is 256 g/mol. The number of hydrogen-bond acceptors (Lipinski definition) is 4. The van der Waals surface area contributed by atoms with Crippen molar-refractivity contribution < 1.29 is 29.0 Å². The Morgan fingerprint density at radius 3 is 2.58 bits per heavy atom. The van der Waals surface area contributed by atoms with Crippen LogP contribution in [0, 0.1) is 0 Å². The van der Waals surface area contributed by atoms with Gasteiger partial charge in [0.1, 0.15) is 6.04 Å². The standard InChI is InChI=1S/C11H14N2O6/c14-9(15)2-1-8(10(16)17)13-11(18)12-5-7-3-4-19-6-7/h3-4,6,8H,1-2,5H2,(H,14,15)(H,16,17)(H2,12,13,18). The highest BCUT2D eigenvalue weighted by molar-refractivity contribution is 5.82. The fraction of sp³-hybridized carbons (Fsp3) is 0.364. The average Bonchev–Trinajstić information content (AvgIpc) is 2.84. The van der Waals surface area contributed by atoms with Crippen LogP contribution in [-0.2, 0) is 16.1 Å². The lowest BCUT2D eigenvalue weighted by Gasteiger charge is -2.13. The van der Waals surface area contributed by atoms with Gasteiger partial charge in [-0.2, -0.15) is 0 Å². The van der Waals surface area contributed by atoms with E-state index < -0.39 is 24.0 Å². The van der Waals surface area contributed by atoms with Crippen LogP contribution in [0.15, 0.2) is 23.0 Å². The van der Waals surface area contributed by atoms with Gasteiger partial charge < -0.3 is 25.3 Å². The molecule has 1 heterocycles. The Hall–Kier alpha value is -2.51. The second-order valence-electron chi connectivity index (χ2n) is 3.78. The third kappa shape index (κ3) is 5.57. The third-order valence-electron chi connectivity index (χ3n) is 2.28. The van der Waals surface area contributed by atoms with Gasteiger partial charge in [-0.15, -0.1) is 0 Å². The van der Waals surface area contributed by atoms with Crippen molar-refractivity contribution in [3.05, 3.63) is 24.2 Å². The van der Waals surface area contributed by atoms with E-state index in [9.17, 15) is 14.4 Å². The van der Waals surface area contributed by atoms with Crippen LogP contribution in [0.1, 0.15) is 18.4 Å². The lowest BCUT2D eigenvalue weighted by Crippen LogP contribution is -2.45. The van der Waals surface area contributed by atoms with Gasteiger partial charge in [0.25, 0.3) is 0 Å². The molecule has 0 aromatic carbocycles. The number of furan rings is 1. The first-order chi connectivity index (χ1) is 8.99. The molecule has 8 nitrogen and oxygen atoms in total. The van der Waals surface area contributed by atoms with E-state index in [0.717, 1.165) is 5.56 Å². The first-order valence-electron chi connectivity index (χ1n) is 5.49. The van der Waals surface area contributed by atoms with Crippen molar-refractivity contribution in [2.45, 2.75) is 25.4 Å². The van der Waals surface area contributed by atoms with E-state index in [2.05, 4.69) is 10.6 Å². The van der Waals surface area contributed by atoms with E-state index in [4.69, 9.17) is 14.6 Å². The van der Waals surface area contributed by atoms with E-state index in [-0.39, 0.29) is 19.4 Å². The molecule has 0 aliphatic rings. The Morgan fingerprint density at radius 2 is 2.05 bits per heavy atom. The van der Waals surface area contributed by atoms with Crippen LogP contribution in [0.4, 0.5) is 4.79 Å². The molecule has 2 amide bonds. The molecule has 0 bridgehead atoms. The molecule has 0 aliphatic heterocycles. The Labute approximate surface area is 108 Å². The molecule has 0 radical (unpaired) electrons. The van der Waals surface area contributed by atoms with Crippen LogP contribution in [0.2, 0.25) is 0 Å². The number of nitrogens with one attached hydrogen (secondary N) is 2. The minimum absolute atomic E-state index is 0.177. The Bertz CT molecular complexity index is 442. The van der Waals surface area contributed by atoms with Gasteiger partial charge in [-0.25, -0.2) is 9.59 Å². The molecule has 0 aliphatic carbocycles. The van der Waals surface area contributed by atoms with Crippen LogP contribution in [0.25, 0.3) is 0 Å². The van der Waals surface area contributed by atoms with E-state index in [1.807, 2.05) is 0 Å². The van der Waals surface area contributed by atoms with Crippen molar-refractivity contribution in [3.8, 4) is 0 Å². The molecule has 1 atom stereocenters. The van der Waals surface area contributed by atoms with Gasteiger partial charge in [-0.1, -0.05) is 0 Å². The fourth-order valence-corrected chi connectivity index (χ4v) is 1.31. The van der Waals surface area contributed by atoms with Crippen molar-refractivity contribution in [2.24, 2.45) is 0 Å². The van der Waals surface area contributed by atoms with Crippen LogP contribution in [0.5, 0.6) is 0 Å². The van der Waals surface area contributed by atoms with Crippen molar-refractivity contribution in [1.82, 2.24) is 10.6 Å². The Balaban J connectivity index is 2.38. The van der Waals surface area contributed by atoms with Crippen LogP contribution in [-0.4, -0.2) is 34.2 Å². The lowest BCUT2D eigenvalue weighted by molar-refractivity contribution is -0.140. The van der Waals surface area contributed by atoms with Gasteiger partial charge in [-0.3, -0.25) is 4.79 Å². The molecule has 1 unspecified atom stereocenters. The predicted octanol–water partition coefficient (Wildman–Crippen LogP) is 0.397. The molecule has 8 heteroatoms. The molecule has 0 spiro atoms. The molecule has 1 aromatic rings. The number of carbonyl (C=O) groups is 3. The third-order valence-corrected chi connectivity index (χ3v) is 2.28. The maximum Gasteiger partial charge on any atom is 0.326 e. The van der Waals surface area contributed by atoms with Gasteiger partial charge in [-0.05, 0) is 12.5 Å². The van der Waals surface area contributed by atoms with Gasteiger partial charge in [0, 0.05) is 18.5 Å². The Morgan fingerprint density at radius 1 is 1.32 bits per heavy atom. The summed E-state index contributed by atoms with van der Waals surface area (Å²) < 4.78 is 4.80. The number of urea groups is 1. The normalized spacial score (nSPS) is 11.6. The lowest BCUT2D eigenvalue weighted by atomic mass is 10.1. The average molecular weight is 270 g/mol. The summed E-state index contributed by atoms with van der Waals surface area (Å²) in [5.41, 5.74) is 0.729. The molecule has 0 saturated heterocycles. The molecule has 104 valence electrons. The van der Waals surface area contributed by atoms with Crippen molar-refractivity contribution in [1.29, 1.82) is 0 Å². The van der Waals surface area contributed by atoms with E-state index in [0.29, 0.717) is 0 Å². The first kappa shape index (κ1) is 14.6. The van der Waals surface area contributed by atoms with Gasteiger partial charge >= 0.3 is 18.0 Å². The molecule has 19 heavy (non-hydrogen) atoms. The largest absolute Gasteiger partial charge is 0.481 e. The van der Waals surface area contributed by atoms with Crippen LogP contribution < -0.4 is 10.6 Å². The first-order valence-corrected chi connectivity index (χ1v) is 5.49. The highest BCUT2D eigenvalue weighted by Crippen LogP contribution is 2.00. The molecule has 4 N–H and O–H groups in total. The summed E-state index contributed by atoms with van der Waals surface area (Å²) >= 11 is 0. The highest BCUT2D eigenvalue weighted by atomic mass is 16.4. The zero-order valence-corrected chi connectivity index (χ0v) is 9.96. The fourth-order valence-electron chi connectivity index (χ4n) is 1.31. The van der Waals surface area contributed by atoms with Crippen molar-refractivity contribution in [2.75, 3.05) is 0 Å². The summed E-state index contributed by atoms with van der Waals surface area (Å²) in [6.07, 6.45) is 2.38. The van der Waals surface area contributed by atoms with Crippen LogP contribution in [0.3, 0.4) is 0 Å². The summed E-state index contributed by atoms with van der Waals surface area (Å²) in [4.78, 5) is 32.6. The zero-order valence-electron chi connectivity index (χ0n) is 9.96. The van der Waals surface area contributed by atoms with Gasteiger partial charge in [0.05, 0.1) is 12.5 Å². The van der Waals surface area contributed by atoms with E-state index in [1.54, 1.807) is 6.07 Å². The molecule has 1 aromatic heterocycles. The van der Waals surface area contributed by atoms with Crippen molar-refractivity contribution >= 4 is 18.0 Å². The second kappa shape index (κ2) is 7.04. The molecule has 1 rings (SSSR count). The number of carboxylic acids is 2. The number of rotatable bonds is 7. The SMILES string of the molecule is O=C(O)CCC(NC(=O)NCc1ccoc1)C(=O)O. The minimum Gasteiger partial charge on any atom is -0.481 e. The number of hydrogen-bond donors (Lipinski definition) is 4. The number of carboxylic acid groups (broad SMARTS) is 2. The number of carbonyl (C=O) groups excluding carboxylic acids is 1. The zero-order chi connectivity index (χ0) is 14.3. The topological polar surface area (TPSA) is 129 Å². The summed E-state index contributed by atoms with van der Waals surface area (Å²) in [5, 5.41) is 21.9. The second-order valence-corrected chi connectivity index (χ2v) is 3.78. The Kier molecular flexibility index (Phi) is 5.39. The minimum atomic E-state index is -1.28. The molecular formula is C11H14N2O6. The van der Waals surface area contributed by atoms with E-state index in [1.165, 1.54) is 12.5 Å².